The van der Waals surface area contributed by atoms with E-state index in [1.165, 1.54) is 0 Å². The molecule has 1 rings (SSSR count). The number of hydrogen-bond acceptors (Lipinski definition) is 0. The maximum atomic E-state index is 2.65. The Hall–Kier alpha value is 1.17. The summed E-state index contributed by atoms with van der Waals surface area (Å²) in [5.74, 6) is 0. The van der Waals surface area contributed by atoms with Crippen molar-refractivity contribution < 1.29 is 0 Å². The second-order valence-electron chi connectivity index (χ2n) is 6.07. The molecule has 0 saturated carbocycles. The molecule has 0 N–H and O–H groups in total. The van der Waals surface area contributed by atoms with Gasteiger partial charge in [0.05, 0.1) is 0 Å². The van der Waals surface area contributed by atoms with Crippen LogP contribution in [0.4, 0.5) is 0 Å². The van der Waals surface area contributed by atoms with Gasteiger partial charge in [-0.05, 0) is 0 Å². The molecule has 0 bridgehead atoms. The van der Waals surface area contributed by atoms with Crippen LogP contribution in [0.1, 0.15) is 0 Å². The van der Waals surface area contributed by atoms with Crippen LogP contribution in [0.2, 0.25) is 49.2 Å². The second-order valence-corrected chi connectivity index (χ2v) is 38.5. The van der Waals surface area contributed by atoms with Gasteiger partial charge < -0.3 is 0 Å². The first-order valence-corrected chi connectivity index (χ1v) is 18.6. The monoisotopic (exact) mass is 282 g/mol. The first-order chi connectivity index (χ1) is 5.21. The van der Waals surface area contributed by atoms with Crippen molar-refractivity contribution in [2.24, 2.45) is 0 Å². The van der Waals surface area contributed by atoms with Crippen molar-refractivity contribution >= 4 is 37.2 Å². The molecule has 0 aromatic rings. The van der Waals surface area contributed by atoms with E-state index >= 15 is 0 Å². The normalized spacial score (nSPS) is 23.5. The van der Waals surface area contributed by atoms with Crippen molar-refractivity contribution in [2.75, 3.05) is 0 Å². The van der Waals surface area contributed by atoms with Crippen LogP contribution in [0, 0.1) is 0 Å². The van der Waals surface area contributed by atoms with Crippen LogP contribution in [-0.2, 0) is 0 Å². The molecule has 0 radical (unpaired) electrons. The van der Waals surface area contributed by atoms with E-state index < -0.39 is 22.3 Å². The molecule has 1 saturated heterocycles. The second kappa shape index (κ2) is 3.09. The Morgan fingerprint density at radius 1 is 0.833 bits per heavy atom. The third-order valence-corrected chi connectivity index (χ3v) is 59.2. The summed E-state index contributed by atoms with van der Waals surface area (Å²) in [5.41, 5.74) is 0. The topological polar surface area (TPSA) is 0 Å². The van der Waals surface area contributed by atoms with Crippen molar-refractivity contribution in [3.63, 3.8) is 0 Å². The van der Waals surface area contributed by atoms with Gasteiger partial charge in [0, 0.05) is 0 Å². The number of hydrogen-bond donors (Lipinski definition) is 0. The van der Waals surface area contributed by atoms with E-state index in [1.54, 1.807) is 9.89 Å². The molecular formula is C8H22SeSi3. The van der Waals surface area contributed by atoms with Gasteiger partial charge in [-0.1, -0.05) is 0 Å². The summed E-state index contributed by atoms with van der Waals surface area (Å²) < 4.78 is 0. The molecule has 0 aliphatic carbocycles. The van der Waals surface area contributed by atoms with Crippen LogP contribution in [0.3, 0.4) is 0 Å². The van der Waals surface area contributed by atoms with E-state index in [0.29, 0.717) is 0 Å². The Morgan fingerprint density at radius 2 is 1.17 bits per heavy atom. The van der Waals surface area contributed by atoms with Gasteiger partial charge in [0.2, 0.25) is 0 Å². The molecule has 0 nitrogen and oxygen atoms in total. The Bertz CT molecular complexity index is 158. The third kappa shape index (κ3) is 1.57. The van der Waals surface area contributed by atoms with E-state index in [-0.39, 0.29) is 0 Å². The van der Waals surface area contributed by atoms with Crippen molar-refractivity contribution in [3.05, 3.63) is 0 Å². The summed E-state index contributed by atoms with van der Waals surface area (Å²) in [6.45, 7) is 15.9. The first kappa shape index (κ1) is 11.2. The minimum atomic E-state index is -0.743. The molecule has 0 atom stereocenters. The van der Waals surface area contributed by atoms with Crippen molar-refractivity contribution in [2.45, 2.75) is 49.2 Å². The van der Waals surface area contributed by atoms with Crippen LogP contribution in [0.15, 0.2) is 0 Å². The van der Waals surface area contributed by atoms with Crippen molar-refractivity contribution in [3.8, 4) is 0 Å². The Labute approximate surface area is 86.3 Å². The van der Waals surface area contributed by atoms with Crippen LogP contribution in [0.5, 0.6) is 0 Å². The fourth-order valence-corrected chi connectivity index (χ4v) is 82.0. The van der Waals surface area contributed by atoms with Gasteiger partial charge in [0.1, 0.15) is 0 Å². The summed E-state index contributed by atoms with van der Waals surface area (Å²) in [4.78, 5) is 3.51. The van der Waals surface area contributed by atoms with Crippen molar-refractivity contribution in [1.82, 2.24) is 0 Å². The van der Waals surface area contributed by atoms with Gasteiger partial charge in [-0.2, -0.15) is 0 Å². The summed E-state index contributed by atoms with van der Waals surface area (Å²) in [5, 5.41) is 0. The fourth-order valence-electron chi connectivity index (χ4n) is 2.30. The molecule has 0 amide bonds. The predicted molar refractivity (Wildman–Crippen MR) is 67.8 cm³/mol. The standard InChI is InChI=1S/C8H22SeSi3/c1-10(2,3)12(7-9-8-12)11(4,5)6/h7-8H2,1-6H3. The fraction of sp³-hybridized carbons (Fsp3) is 1.00. The van der Waals surface area contributed by atoms with Crippen LogP contribution < -0.4 is 0 Å². The molecule has 0 spiro atoms. The van der Waals surface area contributed by atoms with Gasteiger partial charge in [0.15, 0.2) is 0 Å². The molecule has 0 aromatic heterocycles. The van der Waals surface area contributed by atoms with Crippen LogP contribution in [-0.4, -0.2) is 37.2 Å². The minimum absolute atomic E-state index is 0.640. The van der Waals surface area contributed by atoms with E-state index in [0.717, 1.165) is 15.0 Å². The molecule has 12 heavy (non-hydrogen) atoms. The Morgan fingerprint density at radius 3 is 1.17 bits per heavy atom. The zero-order valence-corrected chi connectivity index (χ0v) is 14.0. The van der Waals surface area contributed by atoms with Gasteiger partial charge in [0.25, 0.3) is 0 Å². The van der Waals surface area contributed by atoms with Crippen molar-refractivity contribution in [1.29, 1.82) is 0 Å². The third-order valence-electron chi connectivity index (χ3n) is 3.57. The summed E-state index contributed by atoms with van der Waals surface area (Å²) in [7, 11) is -2.13. The van der Waals surface area contributed by atoms with E-state index in [1.807, 2.05) is 0 Å². The van der Waals surface area contributed by atoms with Crippen LogP contribution >= 0.6 is 0 Å². The summed E-state index contributed by atoms with van der Waals surface area (Å²) >= 11 is 1.08. The average Bonchev–Trinajstić information content (AvgIpc) is 1.47. The summed E-state index contributed by atoms with van der Waals surface area (Å²) in [6, 6.07) is 0. The molecular weight excluding hydrogens is 259 g/mol. The molecule has 1 fully saturated rings. The number of rotatable bonds is 2. The maximum absolute atomic E-state index is 2.65. The zero-order chi connectivity index (χ0) is 9.62. The predicted octanol–water partition coefficient (Wildman–Crippen LogP) is 2.90. The quantitative estimate of drug-likeness (QED) is 0.683. The van der Waals surface area contributed by atoms with Gasteiger partial charge in [-0.3, -0.25) is 0 Å². The molecule has 1 aliphatic rings. The molecule has 0 unspecified atom stereocenters. The van der Waals surface area contributed by atoms with Gasteiger partial charge in [-0.15, -0.1) is 0 Å². The molecule has 4 heteroatoms. The van der Waals surface area contributed by atoms with Crippen LogP contribution in [0.25, 0.3) is 0 Å². The molecule has 1 aliphatic heterocycles. The average molecular weight is 281 g/mol. The van der Waals surface area contributed by atoms with Gasteiger partial charge >= 0.3 is 86.4 Å². The summed E-state index contributed by atoms with van der Waals surface area (Å²) in [6.07, 6.45) is 0. The Kier molecular flexibility index (Phi) is 2.90. The van der Waals surface area contributed by atoms with Gasteiger partial charge in [-0.25, -0.2) is 0 Å². The van der Waals surface area contributed by atoms with E-state index in [2.05, 4.69) is 39.3 Å². The molecule has 72 valence electrons. The van der Waals surface area contributed by atoms with E-state index in [4.69, 9.17) is 0 Å². The zero-order valence-electron chi connectivity index (χ0n) is 9.32. The first-order valence-electron chi connectivity index (χ1n) is 4.78. The Balaban J connectivity index is 2.92. The molecule has 0 aromatic carbocycles. The van der Waals surface area contributed by atoms with E-state index in [9.17, 15) is 0 Å². The SMILES string of the molecule is C[Si](C)(C)[Si]1([Si](C)(C)C)C[Se]C1. The molecule has 1 heterocycles.